The second-order valence-corrected chi connectivity index (χ2v) is 24.1. The maximum absolute atomic E-state index is 3.21. The topological polar surface area (TPSA) is 11.4 Å². The lowest BCUT2D eigenvalue weighted by atomic mass is 9.67. The number of fused-ring (bicyclic) bond motifs is 8. The second kappa shape index (κ2) is 18.0. The Morgan fingerprint density at radius 2 is 0.844 bits per heavy atom. The minimum Gasteiger partial charge on any atom is -0.310 e. The summed E-state index contributed by atoms with van der Waals surface area (Å²) in [5, 5.41) is 9.01. The Labute approximate surface area is 450 Å². The summed E-state index contributed by atoms with van der Waals surface area (Å²) >= 11 is 0. The van der Waals surface area contributed by atoms with Gasteiger partial charge in [-0.2, -0.15) is 0 Å². The van der Waals surface area contributed by atoms with Crippen LogP contribution in [0.15, 0.2) is 309 Å². The van der Waals surface area contributed by atoms with Crippen molar-refractivity contribution in [3.05, 3.63) is 332 Å². The Balaban J connectivity index is 1.08. The van der Waals surface area contributed by atoms with Crippen LogP contribution in [0.4, 0.5) is 34.3 Å². The van der Waals surface area contributed by atoms with E-state index in [0.717, 1.165) is 39.8 Å². The van der Waals surface area contributed by atoms with Crippen molar-refractivity contribution in [2.45, 2.75) is 5.41 Å². The smallest absolute Gasteiger partial charge is 0.186 e. The van der Waals surface area contributed by atoms with Crippen molar-refractivity contribution in [1.82, 2.24) is 4.57 Å². The molecule has 1 aromatic heterocycles. The molecule has 0 atom stereocenters. The number of rotatable bonds is 9. The third kappa shape index (κ3) is 6.69. The van der Waals surface area contributed by atoms with Crippen molar-refractivity contribution in [3.63, 3.8) is 0 Å². The van der Waals surface area contributed by atoms with E-state index in [1.807, 2.05) is 0 Å². The fourth-order valence-corrected chi connectivity index (χ4v) is 18.7. The number of benzene rings is 12. The highest BCUT2D eigenvalue weighted by molar-refractivity contribution is 7.22. The van der Waals surface area contributed by atoms with Crippen LogP contribution in [0.5, 0.6) is 0 Å². The van der Waals surface area contributed by atoms with Crippen LogP contribution in [0.25, 0.3) is 38.5 Å². The van der Waals surface area contributed by atoms with E-state index in [-0.39, 0.29) is 0 Å². The molecule has 1 aliphatic heterocycles. The third-order valence-corrected chi connectivity index (χ3v) is 21.3. The fourth-order valence-electron chi connectivity index (χ4n) is 13.4. The van der Waals surface area contributed by atoms with Crippen LogP contribution in [-0.4, -0.2) is 12.6 Å². The van der Waals surface area contributed by atoms with E-state index in [9.17, 15) is 0 Å². The molecule has 12 aromatic carbocycles. The Hall–Kier alpha value is -9.74. The van der Waals surface area contributed by atoms with Gasteiger partial charge in [-0.25, -0.2) is 0 Å². The maximum Gasteiger partial charge on any atom is 0.186 e. The molecular weight excluding hydrogens is 947 g/mol. The van der Waals surface area contributed by atoms with Gasteiger partial charge in [-0.05, 0) is 133 Å². The fraction of sp³-hybridized carbons (Fsp3) is 0.0137. The molecule has 15 rings (SSSR count). The number of anilines is 6. The number of para-hydroxylation sites is 3. The van der Waals surface area contributed by atoms with Crippen LogP contribution in [0.2, 0.25) is 0 Å². The van der Waals surface area contributed by atoms with E-state index in [1.165, 1.54) is 76.0 Å². The quantitative estimate of drug-likeness (QED) is 0.134. The van der Waals surface area contributed by atoms with Gasteiger partial charge in [0.15, 0.2) is 8.07 Å². The van der Waals surface area contributed by atoms with Crippen molar-refractivity contribution < 1.29 is 0 Å². The van der Waals surface area contributed by atoms with Crippen LogP contribution >= 0.6 is 0 Å². The van der Waals surface area contributed by atoms with Gasteiger partial charge in [0.05, 0.1) is 10.9 Å². The summed E-state index contributed by atoms with van der Waals surface area (Å²) in [5.41, 5.74) is 14.8. The molecule has 0 radical (unpaired) electrons. The van der Waals surface area contributed by atoms with Crippen molar-refractivity contribution in [2.75, 3.05) is 9.80 Å². The van der Waals surface area contributed by atoms with Crippen molar-refractivity contribution in [2.24, 2.45) is 0 Å². The normalized spacial score (nSPS) is 13.6. The van der Waals surface area contributed by atoms with Gasteiger partial charge in [-0.15, -0.1) is 0 Å². The lowest BCUT2D eigenvalue weighted by Crippen LogP contribution is -2.77. The molecule has 0 bridgehead atoms. The molecule has 362 valence electrons. The molecule has 0 N–H and O–H groups in total. The molecule has 1 aliphatic carbocycles. The summed E-state index contributed by atoms with van der Waals surface area (Å²) in [6, 6.07) is 116. The van der Waals surface area contributed by atoms with Crippen LogP contribution in [0.1, 0.15) is 22.3 Å². The SMILES string of the molecule is c1ccc(N2c3ccccc3[Si](c3ccccc3)(c3ccccc3)c3c2n(-c2ccccc2)c2ccc(N(c4ccc5c(c4)C(c4ccccc4)(c4ccccc4)c4ccccc4-5)c4ccc5ccccc5c4)cc32)cc1. The van der Waals surface area contributed by atoms with Gasteiger partial charge in [-0.1, -0.05) is 237 Å². The second-order valence-electron chi connectivity index (χ2n) is 20.4. The van der Waals surface area contributed by atoms with E-state index >= 15 is 0 Å². The zero-order valence-corrected chi connectivity index (χ0v) is 43.3. The highest BCUT2D eigenvalue weighted by Gasteiger charge is 2.52. The van der Waals surface area contributed by atoms with Crippen LogP contribution in [-0.2, 0) is 5.41 Å². The van der Waals surface area contributed by atoms with Crippen LogP contribution in [0, 0.1) is 0 Å². The molecule has 77 heavy (non-hydrogen) atoms. The molecule has 0 fully saturated rings. The van der Waals surface area contributed by atoms with Gasteiger partial charge in [-0.3, -0.25) is 9.47 Å². The van der Waals surface area contributed by atoms with Gasteiger partial charge in [0.25, 0.3) is 0 Å². The monoisotopic (exact) mass is 997 g/mol. The van der Waals surface area contributed by atoms with Crippen molar-refractivity contribution >= 4 is 84.8 Å². The Bertz CT molecular complexity index is 4250. The molecule has 0 amide bonds. The predicted molar refractivity (Wildman–Crippen MR) is 325 cm³/mol. The van der Waals surface area contributed by atoms with Gasteiger partial charge >= 0.3 is 0 Å². The summed E-state index contributed by atoms with van der Waals surface area (Å²) < 4.78 is 2.55. The van der Waals surface area contributed by atoms with Gasteiger partial charge in [0.2, 0.25) is 0 Å². The number of hydrogen-bond acceptors (Lipinski definition) is 2. The molecular formula is C73H51N3Si. The first kappa shape index (κ1) is 44.7. The highest BCUT2D eigenvalue weighted by atomic mass is 28.3. The van der Waals surface area contributed by atoms with E-state index in [2.05, 4.69) is 324 Å². The molecule has 13 aromatic rings. The van der Waals surface area contributed by atoms with E-state index in [0.29, 0.717) is 0 Å². The molecule has 2 aliphatic rings. The molecule has 0 saturated carbocycles. The number of aromatic nitrogens is 1. The zero-order chi connectivity index (χ0) is 50.9. The lowest BCUT2D eigenvalue weighted by Gasteiger charge is -2.44. The summed E-state index contributed by atoms with van der Waals surface area (Å²) in [6.45, 7) is 0. The molecule has 0 saturated heterocycles. The average molecular weight is 998 g/mol. The first-order valence-electron chi connectivity index (χ1n) is 26.7. The standard InChI is InChI=1S/C73H51N3Si/c1-7-27-54(28-8-1)73(55-29-9-2-10-30-55)66-40-22-21-39-63(66)64-47-45-60(51-67(64)73)74(58-44-43-52-25-19-20-26-53(52)49-58)59-46-48-68-65(50-59)71-72(75(68)56-31-11-3-12-32-56)76(57-33-13-4-14-34-57)69-41-23-24-42-70(69)77(71,61-35-15-5-16-36-61)62-37-17-6-18-38-62/h1-51H. The average Bonchev–Trinajstić information content (AvgIpc) is 4.05. The Morgan fingerprint density at radius 1 is 0.351 bits per heavy atom. The van der Waals surface area contributed by atoms with E-state index in [1.54, 1.807) is 0 Å². The van der Waals surface area contributed by atoms with E-state index < -0.39 is 13.5 Å². The molecule has 0 unspecified atom stereocenters. The Kier molecular flexibility index (Phi) is 10.4. The summed E-state index contributed by atoms with van der Waals surface area (Å²) in [7, 11) is -3.21. The van der Waals surface area contributed by atoms with Gasteiger partial charge < -0.3 is 4.90 Å². The molecule has 3 nitrogen and oxygen atoms in total. The maximum atomic E-state index is 2.55. The summed E-state index contributed by atoms with van der Waals surface area (Å²) in [5.74, 6) is 1.16. The first-order chi connectivity index (χ1) is 38.2. The lowest BCUT2D eigenvalue weighted by molar-refractivity contribution is 0.768. The van der Waals surface area contributed by atoms with Crippen molar-refractivity contribution in [1.29, 1.82) is 0 Å². The molecule has 0 spiro atoms. The molecule has 2 heterocycles. The number of hydrogen-bond donors (Lipinski definition) is 0. The minimum atomic E-state index is -3.21. The van der Waals surface area contributed by atoms with Gasteiger partial charge in [0, 0.05) is 44.7 Å². The van der Waals surface area contributed by atoms with Crippen LogP contribution in [0.3, 0.4) is 0 Å². The zero-order valence-electron chi connectivity index (χ0n) is 42.3. The summed E-state index contributed by atoms with van der Waals surface area (Å²) in [4.78, 5) is 5.06. The van der Waals surface area contributed by atoms with Crippen LogP contribution < -0.4 is 30.5 Å². The van der Waals surface area contributed by atoms with Crippen molar-refractivity contribution in [3.8, 4) is 16.8 Å². The Morgan fingerprint density at radius 3 is 1.52 bits per heavy atom. The van der Waals surface area contributed by atoms with Gasteiger partial charge in [0.1, 0.15) is 5.82 Å². The summed E-state index contributed by atoms with van der Waals surface area (Å²) in [6.07, 6.45) is 0. The minimum absolute atomic E-state index is 0.569. The highest BCUT2D eigenvalue weighted by Crippen LogP contribution is 2.57. The van der Waals surface area contributed by atoms with E-state index in [4.69, 9.17) is 0 Å². The number of nitrogens with zero attached hydrogens (tertiary/aromatic N) is 3. The third-order valence-electron chi connectivity index (χ3n) is 16.5. The first-order valence-corrected chi connectivity index (χ1v) is 28.7. The molecule has 4 heteroatoms. The predicted octanol–water partition coefficient (Wildman–Crippen LogP) is 15.8. The largest absolute Gasteiger partial charge is 0.310 e.